The Bertz CT molecular complexity index is 1060. The van der Waals surface area contributed by atoms with E-state index >= 15 is 0 Å². The number of para-hydroxylation sites is 2. The van der Waals surface area contributed by atoms with Crippen LogP contribution < -0.4 is 10.2 Å². The van der Waals surface area contributed by atoms with E-state index in [0.29, 0.717) is 17.5 Å². The number of benzene rings is 2. The van der Waals surface area contributed by atoms with E-state index in [4.69, 9.17) is 4.98 Å². The van der Waals surface area contributed by atoms with Crippen LogP contribution in [0.5, 0.6) is 0 Å². The molecule has 5 nitrogen and oxygen atoms in total. The topological polar surface area (TPSA) is 58.1 Å². The van der Waals surface area contributed by atoms with Gasteiger partial charge in [-0.1, -0.05) is 35.6 Å². The second-order valence-electron chi connectivity index (χ2n) is 7.09. The number of fused-ring (bicyclic) bond motifs is 2. The quantitative estimate of drug-likeness (QED) is 0.538. The van der Waals surface area contributed by atoms with E-state index in [1.807, 2.05) is 30.3 Å². The van der Waals surface area contributed by atoms with Gasteiger partial charge in [0.05, 0.1) is 20.4 Å². The molecule has 2 aromatic carbocycles. The number of nitrogens with one attached hydrogen (secondary N) is 1. The summed E-state index contributed by atoms with van der Waals surface area (Å²) in [5.41, 5.74) is 1.97. The molecule has 5 rings (SSSR count). The third-order valence-electron chi connectivity index (χ3n) is 5.21. The predicted molar refractivity (Wildman–Crippen MR) is 117 cm³/mol. The van der Waals surface area contributed by atoms with E-state index in [-0.39, 0.29) is 5.91 Å². The average Bonchev–Trinajstić information content (AvgIpc) is 3.36. The number of hydrogen-bond donors (Lipinski definition) is 1. The standard InChI is InChI=1S/C21H20N4OS2/c26-19(20-23-15-5-1-3-7-17(15)27-20)22-13-14-9-11-25(12-10-14)21-24-16-6-2-4-8-18(16)28-21/h1-8,14H,9-13H2,(H,22,26). The first-order valence-corrected chi connectivity index (χ1v) is 11.1. The van der Waals surface area contributed by atoms with Crippen LogP contribution in [-0.2, 0) is 0 Å². The van der Waals surface area contributed by atoms with Crippen molar-refractivity contribution in [1.29, 1.82) is 0 Å². The summed E-state index contributed by atoms with van der Waals surface area (Å²) in [6, 6.07) is 16.2. The molecule has 0 atom stereocenters. The van der Waals surface area contributed by atoms with Crippen LogP contribution in [0, 0.1) is 5.92 Å². The zero-order chi connectivity index (χ0) is 18.9. The summed E-state index contributed by atoms with van der Waals surface area (Å²) >= 11 is 3.21. The molecule has 7 heteroatoms. The Morgan fingerprint density at radius 2 is 1.61 bits per heavy atom. The van der Waals surface area contributed by atoms with Crippen molar-refractivity contribution in [3.05, 3.63) is 53.5 Å². The molecule has 1 aliphatic heterocycles. The van der Waals surface area contributed by atoms with E-state index < -0.39 is 0 Å². The Morgan fingerprint density at radius 3 is 2.29 bits per heavy atom. The molecule has 0 saturated carbocycles. The van der Waals surface area contributed by atoms with E-state index in [1.165, 1.54) is 16.0 Å². The number of carbonyl (C=O) groups excluding carboxylic acids is 1. The zero-order valence-corrected chi connectivity index (χ0v) is 16.9. The van der Waals surface area contributed by atoms with E-state index in [1.54, 1.807) is 11.3 Å². The lowest BCUT2D eigenvalue weighted by molar-refractivity contribution is 0.0944. The number of rotatable bonds is 4. The van der Waals surface area contributed by atoms with Crippen LogP contribution >= 0.6 is 22.7 Å². The molecule has 0 spiro atoms. The fraction of sp³-hybridized carbons (Fsp3) is 0.286. The maximum absolute atomic E-state index is 12.5. The van der Waals surface area contributed by atoms with Crippen molar-refractivity contribution in [2.45, 2.75) is 12.8 Å². The molecule has 4 aromatic rings. The van der Waals surface area contributed by atoms with Gasteiger partial charge in [0.25, 0.3) is 5.91 Å². The maximum Gasteiger partial charge on any atom is 0.280 e. The van der Waals surface area contributed by atoms with Gasteiger partial charge in [0.15, 0.2) is 10.1 Å². The van der Waals surface area contributed by atoms with Gasteiger partial charge < -0.3 is 10.2 Å². The maximum atomic E-state index is 12.5. The Kier molecular flexibility index (Phi) is 4.70. The summed E-state index contributed by atoms with van der Waals surface area (Å²) in [5, 5.41) is 4.74. The molecule has 1 saturated heterocycles. The Labute approximate surface area is 171 Å². The third kappa shape index (κ3) is 3.47. The largest absolute Gasteiger partial charge is 0.350 e. The molecule has 0 bridgehead atoms. The van der Waals surface area contributed by atoms with Gasteiger partial charge in [-0.25, -0.2) is 9.97 Å². The molecule has 1 fully saturated rings. The summed E-state index contributed by atoms with van der Waals surface area (Å²) in [6.07, 6.45) is 2.13. The van der Waals surface area contributed by atoms with E-state index in [9.17, 15) is 4.79 Å². The van der Waals surface area contributed by atoms with Crippen LogP contribution in [-0.4, -0.2) is 35.5 Å². The fourth-order valence-electron chi connectivity index (χ4n) is 3.61. The summed E-state index contributed by atoms with van der Waals surface area (Å²) in [5.74, 6) is 0.443. The van der Waals surface area contributed by atoms with Gasteiger partial charge in [0.1, 0.15) is 0 Å². The molecular weight excluding hydrogens is 388 g/mol. The summed E-state index contributed by atoms with van der Waals surface area (Å²) < 4.78 is 2.29. The molecule has 142 valence electrons. The molecule has 1 N–H and O–H groups in total. The highest BCUT2D eigenvalue weighted by atomic mass is 32.1. The summed E-state index contributed by atoms with van der Waals surface area (Å²) in [6.45, 7) is 2.69. The van der Waals surface area contributed by atoms with Gasteiger partial charge in [-0.05, 0) is 43.0 Å². The van der Waals surface area contributed by atoms with Crippen molar-refractivity contribution in [1.82, 2.24) is 15.3 Å². The molecule has 1 aliphatic rings. The van der Waals surface area contributed by atoms with E-state index in [0.717, 1.165) is 46.8 Å². The number of nitrogens with zero attached hydrogens (tertiary/aromatic N) is 3. The molecule has 1 amide bonds. The minimum absolute atomic E-state index is 0.0604. The summed E-state index contributed by atoms with van der Waals surface area (Å²) in [4.78, 5) is 24.0. The first-order chi connectivity index (χ1) is 13.8. The molecule has 0 unspecified atom stereocenters. The Hall–Kier alpha value is -2.51. The van der Waals surface area contributed by atoms with Gasteiger partial charge in [0, 0.05) is 19.6 Å². The van der Waals surface area contributed by atoms with Gasteiger partial charge in [-0.15, -0.1) is 11.3 Å². The molecule has 2 aromatic heterocycles. The fourth-order valence-corrected chi connectivity index (χ4v) is 5.50. The van der Waals surface area contributed by atoms with Crippen molar-refractivity contribution in [2.24, 2.45) is 5.92 Å². The molecular formula is C21H20N4OS2. The molecule has 0 aliphatic carbocycles. The monoisotopic (exact) mass is 408 g/mol. The highest BCUT2D eigenvalue weighted by molar-refractivity contribution is 7.22. The van der Waals surface area contributed by atoms with Crippen molar-refractivity contribution in [2.75, 3.05) is 24.5 Å². The van der Waals surface area contributed by atoms with Crippen LogP contribution in [0.15, 0.2) is 48.5 Å². The minimum Gasteiger partial charge on any atom is -0.350 e. The minimum atomic E-state index is -0.0604. The van der Waals surface area contributed by atoms with Gasteiger partial charge >= 0.3 is 0 Å². The van der Waals surface area contributed by atoms with Crippen LogP contribution in [0.2, 0.25) is 0 Å². The molecule has 28 heavy (non-hydrogen) atoms. The Morgan fingerprint density at radius 1 is 0.964 bits per heavy atom. The second kappa shape index (κ2) is 7.48. The predicted octanol–water partition coefficient (Wildman–Crippen LogP) is 4.55. The highest BCUT2D eigenvalue weighted by Gasteiger charge is 2.22. The number of amides is 1. The highest BCUT2D eigenvalue weighted by Crippen LogP contribution is 2.31. The smallest absolute Gasteiger partial charge is 0.280 e. The SMILES string of the molecule is O=C(NCC1CCN(c2nc3ccccc3s2)CC1)c1nc2ccccc2s1. The van der Waals surface area contributed by atoms with Crippen LogP contribution in [0.4, 0.5) is 5.13 Å². The third-order valence-corrected chi connectivity index (χ3v) is 7.34. The lowest BCUT2D eigenvalue weighted by atomic mass is 9.97. The van der Waals surface area contributed by atoms with Crippen molar-refractivity contribution in [3.8, 4) is 0 Å². The lowest BCUT2D eigenvalue weighted by Gasteiger charge is -2.31. The number of piperidine rings is 1. The lowest BCUT2D eigenvalue weighted by Crippen LogP contribution is -2.38. The number of aromatic nitrogens is 2. The van der Waals surface area contributed by atoms with Crippen LogP contribution in [0.3, 0.4) is 0 Å². The number of carbonyl (C=O) groups is 1. The Balaban J connectivity index is 1.16. The second-order valence-corrected chi connectivity index (χ2v) is 9.13. The molecule has 0 radical (unpaired) electrons. The van der Waals surface area contributed by atoms with Gasteiger partial charge in [0.2, 0.25) is 0 Å². The zero-order valence-electron chi connectivity index (χ0n) is 15.3. The molecule has 3 heterocycles. The van der Waals surface area contributed by atoms with Gasteiger partial charge in [-0.3, -0.25) is 4.79 Å². The number of anilines is 1. The van der Waals surface area contributed by atoms with Crippen molar-refractivity contribution < 1.29 is 4.79 Å². The summed E-state index contributed by atoms with van der Waals surface area (Å²) in [7, 11) is 0. The normalized spacial score (nSPS) is 15.4. The van der Waals surface area contributed by atoms with Gasteiger partial charge in [-0.2, -0.15) is 0 Å². The van der Waals surface area contributed by atoms with Crippen LogP contribution in [0.1, 0.15) is 22.6 Å². The van der Waals surface area contributed by atoms with Crippen molar-refractivity contribution >= 4 is 54.1 Å². The number of hydrogen-bond acceptors (Lipinski definition) is 6. The average molecular weight is 409 g/mol. The van der Waals surface area contributed by atoms with Crippen molar-refractivity contribution in [3.63, 3.8) is 0 Å². The first-order valence-electron chi connectivity index (χ1n) is 9.50. The number of thiazole rings is 2. The van der Waals surface area contributed by atoms with E-state index in [2.05, 4.69) is 33.4 Å². The van der Waals surface area contributed by atoms with Crippen LogP contribution in [0.25, 0.3) is 20.4 Å². The first kappa shape index (κ1) is 17.6.